The Hall–Kier alpha value is -0.120. The van der Waals surface area contributed by atoms with Gasteiger partial charge < -0.3 is 15.0 Å². The van der Waals surface area contributed by atoms with E-state index in [1.165, 1.54) is 25.8 Å². The van der Waals surface area contributed by atoms with Crippen molar-refractivity contribution in [2.45, 2.75) is 52.2 Å². The zero-order valence-electron chi connectivity index (χ0n) is 12.3. The maximum Gasteiger partial charge on any atom is 0.0702 e. The minimum Gasteiger partial charge on any atom is -0.377 e. The molecule has 0 aromatic carbocycles. The molecule has 0 aromatic rings. The molecule has 1 rings (SSSR count). The first-order valence-electron chi connectivity index (χ1n) is 7.05. The number of ether oxygens (including phenoxy) is 1. The Kier molecular flexibility index (Phi) is 5.90. The second kappa shape index (κ2) is 6.72. The molecule has 0 aromatic heterocycles. The van der Waals surface area contributed by atoms with Gasteiger partial charge in [-0.25, -0.2) is 0 Å². The molecule has 0 amide bonds. The van der Waals surface area contributed by atoms with E-state index in [2.05, 4.69) is 45.1 Å². The molecule has 0 aliphatic carbocycles. The molecule has 1 aliphatic rings. The summed E-state index contributed by atoms with van der Waals surface area (Å²) in [4.78, 5) is 2.52. The highest BCUT2D eigenvalue weighted by molar-refractivity contribution is 4.87. The molecule has 3 heteroatoms. The first-order chi connectivity index (χ1) is 8.08. The fraction of sp³-hybridized carbons (Fsp3) is 1.00. The van der Waals surface area contributed by atoms with E-state index in [9.17, 15) is 0 Å². The van der Waals surface area contributed by atoms with Crippen molar-refractivity contribution >= 4 is 0 Å². The molecule has 2 unspecified atom stereocenters. The number of hydrogen-bond donors (Lipinski definition) is 1. The van der Waals surface area contributed by atoms with E-state index in [0.717, 1.165) is 13.2 Å². The fourth-order valence-corrected chi connectivity index (χ4v) is 3.10. The van der Waals surface area contributed by atoms with Crippen molar-refractivity contribution in [3.63, 3.8) is 0 Å². The quantitative estimate of drug-likeness (QED) is 0.740. The van der Waals surface area contributed by atoms with Gasteiger partial charge >= 0.3 is 0 Å². The van der Waals surface area contributed by atoms with Crippen LogP contribution in [0.4, 0.5) is 0 Å². The molecule has 1 fully saturated rings. The van der Waals surface area contributed by atoms with Crippen LogP contribution in [0.15, 0.2) is 0 Å². The van der Waals surface area contributed by atoms with Crippen molar-refractivity contribution in [1.29, 1.82) is 0 Å². The van der Waals surface area contributed by atoms with Crippen LogP contribution in [0.1, 0.15) is 40.0 Å². The summed E-state index contributed by atoms with van der Waals surface area (Å²) >= 11 is 0. The van der Waals surface area contributed by atoms with E-state index in [4.69, 9.17) is 4.74 Å². The van der Waals surface area contributed by atoms with E-state index in [1.807, 2.05) is 0 Å². The Morgan fingerprint density at radius 1 is 1.35 bits per heavy atom. The second-order valence-corrected chi connectivity index (χ2v) is 5.58. The third kappa shape index (κ3) is 3.67. The normalized spacial score (nSPS) is 25.8. The van der Waals surface area contributed by atoms with Gasteiger partial charge in [-0.3, -0.25) is 0 Å². The lowest BCUT2D eigenvalue weighted by Gasteiger charge is -2.38. The highest BCUT2D eigenvalue weighted by atomic mass is 16.5. The van der Waals surface area contributed by atoms with Gasteiger partial charge in [-0.2, -0.15) is 0 Å². The van der Waals surface area contributed by atoms with E-state index in [0.29, 0.717) is 17.6 Å². The van der Waals surface area contributed by atoms with Crippen LogP contribution in [0.3, 0.4) is 0 Å². The van der Waals surface area contributed by atoms with Gasteiger partial charge in [0.25, 0.3) is 0 Å². The third-order valence-corrected chi connectivity index (χ3v) is 4.54. The van der Waals surface area contributed by atoms with Gasteiger partial charge in [0.15, 0.2) is 0 Å². The van der Waals surface area contributed by atoms with E-state index >= 15 is 0 Å². The number of hydrogen-bond acceptors (Lipinski definition) is 3. The standard InChI is InChI=1S/C14H30N2O/c1-6-14(7-2,10-15-4)11-16(5)13-8-9-17-12(13)3/h12-13,15H,6-11H2,1-5H3. The van der Waals surface area contributed by atoms with Crippen LogP contribution < -0.4 is 5.32 Å². The van der Waals surface area contributed by atoms with Crippen LogP contribution in [0, 0.1) is 5.41 Å². The molecular weight excluding hydrogens is 212 g/mol. The zero-order chi connectivity index (χ0) is 12.9. The van der Waals surface area contributed by atoms with Gasteiger partial charge in [0.1, 0.15) is 0 Å². The summed E-state index contributed by atoms with van der Waals surface area (Å²) in [6.07, 6.45) is 4.04. The predicted molar refractivity (Wildman–Crippen MR) is 73.4 cm³/mol. The molecule has 2 atom stereocenters. The molecule has 1 aliphatic heterocycles. The van der Waals surface area contributed by atoms with Gasteiger partial charge in [0, 0.05) is 25.7 Å². The van der Waals surface area contributed by atoms with Crippen molar-refractivity contribution in [2.24, 2.45) is 5.41 Å². The molecule has 1 saturated heterocycles. The summed E-state index contributed by atoms with van der Waals surface area (Å²) in [6, 6.07) is 0.601. The summed E-state index contributed by atoms with van der Waals surface area (Å²) in [5, 5.41) is 3.36. The molecule has 17 heavy (non-hydrogen) atoms. The smallest absolute Gasteiger partial charge is 0.0702 e. The van der Waals surface area contributed by atoms with Gasteiger partial charge in [-0.1, -0.05) is 13.8 Å². The highest BCUT2D eigenvalue weighted by Crippen LogP contribution is 2.29. The molecule has 3 nitrogen and oxygen atoms in total. The summed E-state index contributed by atoms with van der Waals surface area (Å²) < 4.78 is 5.67. The minimum absolute atomic E-state index is 0.390. The van der Waals surface area contributed by atoms with E-state index < -0.39 is 0 Å². The molecule has 1 N–H and O–H groups in total. The Labute approximate surface area is 107 Å². The Bertz CT molecular complexity index is 216. The Morgan fingerprint density at radius 2 is 2.00 bits per heavy atom. The zero-order valence-corrected chi connectivity index (χ0v) is 12.3. The van der Waals surface area contributed by atoms with Gasteiger partial charge in [-0.15, -0.1) is 0 Å². The number of rotatable bonds is 7. The fourth-order valence-electron chi connectivity index (χ4n) is 3.10. The summed E-state index contributed by atoms with van der Waals surface area (Å²) in [7, 11) is 4.31. The first-order valence-corrected chi connectivity index (χ1v) is 7.05. The number of likely N-dealkylation sites (N-methyl/N-ethyl adjacent to an activating group) is 1. The van der Waals surface area contributed by atoms with E-state index in [1.54, 1.807) is 0 Å². The monoisotopic (exact) mass is 242 g/mol. The van der Waals surface area contributed by atoms with Crippen molar-refractivity contribution in [2.75, 3.05) is 33.8 Å². The van der Waals surface area contributed by atoms with Crippen molar-refractivity contribution < 1.29 is 4.74 Å². The van der Waals surface area contributed by atoms with Gasteiger partial charge in [0.05, 0.1) is 6.10 Å². The Balaban J connectivity index is 2.59. The van der Waals surface area contributed by atoms with Crippen molar-refractivity contribution in [1.82, 2.24) is 10.2 Å². The lowest BCUT2D eigenvalue weighted by molar-refractivity contribution is 0.0605. The largest absolute Gasteiger partial charge is 0.377 e. The predicted octanol–water partition coefficient (Wildman–Crippen LogP) is 2.12. The van der Waals surface area contributed by atoms with Crippen molar-refractivity contribution in [3.05, 3.63) is 0 Å². The first kappa shape index (κ1) is 14.9. The van der Waals surface area contributed by atoms with Crippen LogP contribution in [0.5, 0.6) is 0 Å². The highest BCUT2D eigenvalue weighted by Gasteiger charge is 2.33. The third-order valence-electron chi connectivity index (χ3n) is 4.54. The second-order valence-electron chi connectivity index (χ2n) is 5.58. The number of nitrogens with zero attached hydrogens (tertiary/aromatic N) is 1. The topological polar surface area (TPSA) is 24.5 Å². The average molecular weight is 242 g/mol. The van der Waals surface area contributed by atoms with Crippen LogP contribution in [0.25, 0.3) is 0 Å². The number of nitrogens with one attached hydrogen (secondary N) is 1. The van der Waals surface area contributed by atoms with Crippen molar-refractivity contribution in [3.8, 4) is 0 Å². The molecule has 0 radical (unpaired) electrons. The minimum atomic E-state index is 0.390. The van der Waals surface area contributed by atoms with Crippen LogP contribution in [0.2, 0.25) is 0 Å². The molecule has 0 bridgehead atoms. The van der Waals surface area contributed by atoms with Gasteiger partial charge in [0.2, 0.25) is 0 Å². The molecule has 0 saturated carbocycles. The average Bonchev–Trinajstić information content (AvgIpc) is 2.75. The molecule has 102 valence electrons. The maximum atomic E-state index is 5.67. The van der Waals surface area contributed by atoms with Crippen LogP contribution >= 0.6 is 0 Å². The lowest BCUT2D eigenvalue weighted by atomic mass is 9.81. The SMILES string of the molecule is CCC(CC)(CNC)CN(C)C1CCOC1C. The lowest BCUT2D eigenvalue weighted by Crippen LogP contribution is -2.47. The summed E-state index contributed by atoms with van der Waals surface area (Å²) in [5.74, 6) is 0. The molecular formula is C14H30N2O. The molecule has 0 spiro atoms. The summed E-state index contributed by atoms with van der Waals surface area (Å²) in [5.41, 5.74) is 0.409. The summed E-state index contributed by atoms with van der Waals surface area (Å²) in [6.45, 7) is 10.0. The maximum absolute atomic E-state index is 5.67. The van der Waals surface area contributed by atoms with Gasteiger partial charge in [-0.05, 0) is 45.7 Å². The van der Waals surface area contributed by atoms with Crippen LogP contribution in [-0.2, 0) is 4.74 Å². The Morgan fingerprint density at radius 3 is 2.41 bits per heavy atom. The molecule has 1 heterocycles. The van der Waals surface area contributed by atoms with E-state index in [-0.39, 0.29) is 0 Å². The van der Waals surface area contributed by atoms with Crippen LogP contribution in [-0.4, -0.2) is 50.8 Å².